The second kappa shape index (κ2) is 38.5. The highest BCUT2D eigenvalue weighted by Crippen LogP contribution is 2.26. The fourth-order valence-electron chi connectivity index (χ4n) is 7.50. The molecule has 59 heavy (non-hydrogen) atoms. The van der Waals surface area contributed by atoms with Crippen molar-refractivity contribution in [1.29, 1.82) is 0 Å². The molecular weight excluding hydrogens is 777 g/mol. The number of ether oxygens (including phenoxy) is 4. The van der Waals surface area contributed by atoms with Crippen LogP contribution in [0.2, 0.25) is 0 Å². The van der Waals surface area contributed by atoms with Crippen molar-refractivity contribution in [3.63, 3.8) is 0 Å². The number of aliphatic hydroxyl groups is 3. The summed E-state index contributed by atoms with van der Waals surface area (Å²) in [7, 11) is -5.06. The third-order valence-electron chi connectivity index (χ3n) is 11.1. The van der Waals surface area contributed by atoms with Crippen LogP contribution in [0.25, 0.3) is 0 Å². The number of rotatable bonds is 42. The Hall–Kier alpha value is -1.16. The third kappa shape index (κ3) is 32.2. The monoisotopic (exact) mass is 865 g/mol. The highest BCUT2D eigenvalue weighted by molar-refractivity contribution is 7.80. The Balaban J connectivity index is 2.33. The quantitative estimate of drug-likeness (QED) is 0.0198. The van der Waals surface area contributed by atoms with Crippen LogP contribution in [0.4, 0.5) is 0 Å². The molecule has 6 atom stereocenters. The summed E-state index contributed by atoms with van der Waals surface area (Å²) >= 11 is 0. The highest BCUT2D eigenvalue weighted by Gasteiger charge is 2.48. The predicted octanol–water partition coefficient (Wildman–Crippen LogP) is 10.2. The first kappa shape index (κ1) is 55.9. The maximum Gasteiger partial charge on any atom is 0.397 e. The fourth-order valence-corrected chi connectivity index (χ4v) is 8.01. The van der Waals surface area contributed by atoms with E-state index in [-0.39, 0.29) is 19.6 Å². The first-order valence-corrected chi connectivity index (χ1v) is 25.3. The van der Waals surface area contributed by atoms with Gasteiger partial charge in [-0.1, -0.05) is 187 Å². The Morgan fingerprint density at radius 1 is 0.627 bits per heavy atom. The lowest BCUT2D eigenvalue weighted by Crippen LogP contribution is -2.60. The number of aliphatic hydroxyl groups excluding tert-OH is 3. The average Bonchev–Trinajstić information content (AvgIpc) is 3.20. The first-order chi connectivity index (χ1) is 28.6. The molecule has 0 aromatic heterocycles. The molecule has 12 nitrogen and oxygen atoms in total. The van der Waals surface area contributed by atoms with Gasteiger partial charge in [0.05, 0.1) is 19.8 Å². The lowest BCUT2D eigenvalue weighted by Gasteiger charge is -2.41. The smallest absolute Gasteiger partial charge is 0.397 e. The lowest BCUT2D eigenvalue weighted by atomic mass is 9.99. The molecule has 0 bridgehead atoms. The number of carbonyl (C=O) groups is 1. The van der Waals surface area contributed by atoms with E-state index in [0.29, 0.717) is 13.0 Å². The third-order valence-corrected chi connectivity index (χ3v) is 11.6. The number of unbranched alkanes of at least 4 members (excludes halogenated alkanes) is 27. The molecule has 1 heterocycles. The van der Waals surface area contributed by atoms with Gasteiger partial charge in [-0.2, -0.15) is 8.42 Å². The Labute approximate surface area is 359 Å². The fraction of sp³-hybridized carbons (Fsp3) is 0.935. The molecule has 0 aromatic rings. The van der Waals surface area contributed by atoms with Gasteiger partial charge >= 0.3 is 16.4 Å². The van der Waals surface area contributed by atoms with E-state index in [0.717, 1.165) is 51.4 Å². The van der Waals surface area contributed by atoms with E-state index in [4.69, 9.17) is 23.5 Å². The molecule has 4 N–H and O–H groups in total. The maximum absolute atomic E-state index is 12.9. The van der Waals surface area contributed by atoms with Crippen LogP contribution in [0.15, 0.2) is 12.2 Å². The predicted molar refractivity (Wildman–Crippen MR) is 234 cm³/mol. The van der Waals surface area contributed by atoms with Gasteiger partial charge < -0.3 is 34.3 Å². The topological polar surface area (TPSA) is 178 Å². The normalized spacial score (nSPS) is 20.4. The van der Waals surface area contributed by atoms with E-state index in [2.05, 4.69) is 30.2 Å². The number of hydrogen-bond acceptors (Lipinski definition) is 11. The van der Waals surface area contributed by atoms with Crippen molar-refractivity contribution < 1.29 is 56.2 Å². The molecule has 1 saturated heterocycles. The minimum absolute atomic E-state index is 0.0367. The first-order valence-electron chi connectivity index (χ1n) is 23.9. The molecule has 0 amide bonds. The summed E-state index contributed by atoms with van der Waals surface area (Å²) < 4.78 is 59.0. The Morgan fingerprint density at radius 2 is 1.10 bits per heavy atom. The van der Waals surface area contributed by atoms with Gasteiger partial charge in [0.15, 0.2) is 6.29 Å². The van der Waals surface area contributed by atoms with Crippen LogP contribution in [0.1, 0.15) is 213 Å². The van der Waals surface area contributed by atoms with E-state index in [9.17, 15) is 28.5 Å². The van der Waals surface area contributed by atoms with E-state index in [1.54, 1.807) is 0 Å². The Kier molecular flexibility index (Phi) is 36.5. The largest absolute Gasteiger partial charge is 0.457 e. The molecule has 0 aromatic carbocycles. The zero-order chi connectivity index (χ0) is 43.2. The van der Waals surface area contributed by atoms with Crippen LogP contribution < -0.4 is 0 Å². The molecule has 0 saturated carbocycles. The standard InChI is InChI=1S/C46H88O12S/c1-3-5-7-9-11-13-15-16-17-18-19-20-21-22-23-24-25-27-29-31-33-35-42(48)56-40(38-54-36-34-32-30-28-26-14-12-10-8-6-4-2)39-55-46-44(50)45(58-59(51,52)53)43(49)41(37-47)57-46/h8,10,40-41,43-47,49-50H,3-7,9,11-39H2,1-2H3,(H,51,52,53)/b10-8-. The molecule has 1 aliphatic heterocycles. The molecule has 1 rings (SSSR count). The second-order valence-corrected chi connectivity index (χ2v) is 17.8. The molecule has 0 spiro atoms. The van der Waals surface area contributed by atoms with Crippen LogP contribution in [0.3, 0.4) is 0 Å². The van der Waals surface area contributed by atoms with E-state index >= 15 is 0 Å². The summed E-state index contributed by atoms with van der Waals surface area (Å²) in [5.41, 5.74) is 0. The average molecular weight is 865 g/mol. The van der Waals surface area contributed by atoms with Gasteiger partial charge in [0.25, 0.3) is 0 Å². The highest BCUT2D eigenvalue weighted by atomic mass is 32.3. The van der Waals surface area contributed by atoms with Crippen molar-refractivity contribution in [3.05, 3.63) is 12.2 Å². The number of carbonyl (C=O) groups excluding carboxylic acids is 1. The van der Waals surface area contributed by atoms with Crippen molar-refractivity contribution >= 4 is 16.4 Å². The molecule has 13 heteroatoms. The summed E-state index contributed by atoms with van der Waals surface area (Å²) in [5.74, 6) is -0.397. The molecule has 0 aliphatic carbocycles. The summed E-state index contributed by atoms with van der Waals surface area (Å²) in [5, 5.41) is 30.6. The van der Waals surface area contributed by atoms with Crippen LogP contribution in [0.5, 0.6) is 0 Å². The lowest BCUT2D eigenvalue weighted by molar-refractivity contribution is -0.301. The number of esters is 1. The van der Waals surface area contributed by atoms with E-state index in [1.807, 2.05) is 0 Å². The van der Waals surface area contributed by atoms with Crippen molar-refractivity contribution in [2.24, 2.45) is 0 Å². The van der Waals surface area contributed by atoms with Gasteiger partial charge in [-0.05, 0) is 32.1 Å². The summed E-state index contributed by atoms with van der Waals surface area (Å²) in [6.07, 6.45) is 32.6. The number of hydrogen-bond donors (Lipinski definition) is 4. The summed E-state index contributed by atoms with van der Waals surface area (Å²) in [6, 6.07) is 0. The van der Waals surface area contributed by atoms with Gasteiger partial charge in [-0.15, -0.1) is 0 Å². The summed E-state index contributed by atoms with van der Waals surface area (Å²) in [4.78, 5) is 12.9. The van der Waals surface area contributed by atoms with Crippen molar-refractivity contribution in [2.75, 3.05) is 26.4 Å². The molecule has 350 valence electrons. The minimum Gasteiger partial charge on any atom is -0.457 e. The SMILES string of the molecule is CCC/C=C\CCCCCCCCOCC(COC1OC(CO)C(O)C(OS(=O)(=O)O)C1O)OC(=O)CCCCCCCCCCCCCCCCCCCCCCC. The molecule has 0 radical (unpaired) electrons. The molecule has 1 aliphatic rings. The summed E-state index contributed by atoms with van der Waals surface area (Å²) in [6.45, 7) is 3.95. The van der Waals surface area contributed by atoms with Gasteiger partial charge in [-0.3, -0.25) is 9.35 Å². The van der Waals surface area contributed by atoms with Crippen molar-refractivity contribution in [3.8, 4) is 0 Å². The van der Waals surface area contributed by atoms with Crippen LogP contribution in [0, 0.1) is 0 Å². The van der Waals surface area contributed by atoms with Gasteiger partial charge in [-0.25, -0.2) is 4.18 Å². The Morgan fingerprint density at radius 3 is 1.59 bits per heavy atom. The Bertz CT molecular complexity index is 1090. The zero-order valence-corrected chi connectivity index (χ0v) is 38.1. The number of allylic oxidation sites excluding steroid dienone is 2. The van der Waals surface area contributed by atoms with Gasteiger partial charge in [0.2, 0.25) is 0 Å². The van der Waals surface area contributed by atoms with E-state index in [1.165, 1.54) is 135 Å². The minimum atomic E-state index is -5.06. The molecular formula is C46H88O12S. The molecule has 6 unspecified atom stereocenters. The van der Waals surface area contributed by atoms with Crippen molar-refractivity contribution in [1.82, 2.24) is 0 Å². The van der Waals surface area contributed by atoms with Crippen LogP contribution in [-0.4, -0.2) is 97.5 Å². The maximum atomic E-state index is 12.9. The van der Waals surface area contributed by atoms with Crippen molar-refractivity contribution in [2.45, 2.75) is 250 Å². The van der Waals surface area contributed by atoms with Gasteiger partial charge in [0, 0.05) is 13.0 Å². The second-order valence-electron chi connectivity index (χ2n) is 16.7. The molecule has 1 fully saturated rings. The van der Waals surface area contributed by atoms with E-state index < -0.39 is 59.8 Å². The zero-order valence-electron chi connectivity index (χ0n) is 37.3. The van der Waals surface area contributed by atoms with Gasteiger partial charge in [0.1, 0.15) is 30.5 Å². The van der Waals surface area contributed by atoms with Crippen LogP contribution in [-0.2, 0) is 38.3 Å². The van der Waals surface area contributed by atoms with Crippen LogP contribution >= 0.6 is 0 Å².